The van der Waals surface area contributed by atoms with Crippen LogP contribution >= 0.6 is 0 Å². The van der Waals surface area contributed by atoms with Crippen molar-refractivity contribution in [2.75, 3.05) is 5.75 Å². The summed E-state index contributed by atoms with van der Waals surface area (Å²) in [6, 6.07) is 0. The Balaban J connectivity index is 0. The van der Waals surface area contributed by atoms with E-state index in [2.05, 4.69) is 11.0 Å². The zero-order valence-electron chi connectivity index (χ0n) is 4.00. The van der Waals surface area contributed by atoms with E-state index in [0.717, 1.165) is 6.08 Å². The topological polar surface area (TPSA) is 43.4 Å². The van der Waals surface area contributed by atoms with E-state index in [4.69, 9.17) is 0 Å². The number of hydrogen-bond donors (Lipinski definition) is 0. The summed E-state index contributed by atoms with van der Waals surface area (Å²) in [4.78, 5) is 0. The third-order valence-electron chi connectivity index (χ3n) is 0.418. The maximum absolute atomic E-state index is 10.8. The molecular weight excluding hydrogens is 142 g/mol. The Labute approximate surface area is 65.1 Å². The molecule has 0 radical (unpaired) electrons. The first kappa shape index (κ1) is 11.9. The summed E-state index contributed by atoms with van der Waals surface area (Å²) in [5.41, 5.74) is 0. The van der Waals surface area contributed by atoms with Gasteiger partial charge in [-0.05, 0) is 4.53 Å². The second kappa shape index (κ2) is 5.00. The second-order valence-corrected chi connectivity index (χ2v) is 2.65. The van der Waals surface area contributed by atoms with E-state index in [9.17, 15) is 12.9 Å². The van der Waals surface area contributed by atoms with Gasteiger partial charge in [-0.3, -0.25) is 0 Å². The van der Waals surface area contributed by atoms with Crippen molar-refractivity contribution in [1.82, 2.24) is 0 Å². The number of halogens is 1. The fourth-order valence-electron chi connectivity index (χ4n) is 0.170. The molecule has 0 aliphatic carbocycles. The third-order valence-corrected chi connectivity index (χ3v) is 1.25. The summed E-state index contributed by atoms with van der Waals surface area (Å²) < 4.78 is 33.3. The zero-order valence-corrected chi connectivity index (χ0v) is 4.82. The van der Waals surface area contributed by atoms with Gasteiger partial charge in [-0.15, -0.1) is 6.58 Å². The molecule has 50 valence electrons. The van der Waals surface area contributed by atoms with Crippen LogP contribution in [0.2, 0.25) is 0 Å². The van der Waals surface area contributed by atoms with E-state index in [-0.39, 0.29) is 18.9 Å². The van der Waals surface area contributed by atoms with Crippen molar-refractivity contribution in [2.45, 2.75) is 0 Å². The molecule has 0 heterocycles. The average Bonchev–Trinajstić information content (AvgIpc) is 1.67. The predicted molar refractivity (Wildman–Crippen MR) is 33.3 cm³/mol. The molecule has 0 aromatic heterocycles. The van der Waals surface area contributed by atoms with E-state index in [0.29, 0.717) is 0 Å². The molecule has 0 aliphatic heterocycles. The van der Waals surface area contributed by atoms with Gasteiger partial charge in [0.2, 0.25) is 0 Å². The summed E-state index contributed by atoms with van der Waals surface area (Å²) >= 11 is 0. The van der Waals surface area contributed by atoms with Gasteiger partial charge in [0.15, 0.2) is 0 Å². The molecule has 0 saturated carbocycles. The fourth-order valence-corrected chi connectivity index (χ4v) is 0.510. The van der Waals surface area contributed by atoms with Gasteiger partial charge in [0.1, 0.15) is 0 Å². The Morgan fingerprint density at radius 2 is 2.11 bits per heavy atom. The molecule has 0 rings (SSSR count). The minimum atomic E-state index is -3.95. The number of rotatable bonds is 3. The van der Waals surface area contributed by atoms with E-state index in [1.165, 1.54) is 0 Å². The summed E-state index contributed by atoms with van der Waals surface area (Å²) in [5.74, 6) is -0.497. The Bertz CT molecular complexity index is 164. The molecule has 0 bridgehead atoms. The van der Waals surface area contributed by atoms with Gasteiger partial charge in [-0.1, -0.05) is 10.5 Å². The minimum absolute atomic E-state index is 0. The molecule has 0 unspecified atom stereocenters. The molecule has 0 aliphatic rings. The van der Waals surface area contributed by atoms with Crippen molar-refractivity contribution in [3.8, 4) is 0 Å². The maximum atomic E-state index is 10.8. The third kappa shape index (κ3) is 6.06. The van der Waals surface area contributed by atoms with Crippen molar-refractivity contribution in [2.24, 2.45) is 0 Å². The molecule has 0 aromatic carbocycles. The summed E-state index contributed by atoms with van der Waals surface area (Å²) in [6.45, 7) is 3.07. The van der Waals surface area contributed by atoms with Crippen molar-refractivity contribution < 1.29 is 17.3 Å². The van der Waals surface area contributed by atoms with Crippen LogP contribution in [-0.4, -0.2) is 33.0 Å². The van der Waals surface area contributed by atoms with Gasteiger partial charge in [-0.25, -0.2) is 0 Å². The molecule has 6 heteroatoms. The Hall–Kier alpha value is 0.177. The molecule has 3 nitrogen and oxygen atoms in total. The molecule has 0 aromatic rings. The van der Waals surface area contributed by atoms with Crippen LogP contribution in [0.3, 0.4) is 0 Å². The molecule has 0 saturated heterocycles. The van der Waals surface area contributed by atoms with Gasteiger partial charge in [0.25, 0.3) is 0 Å². The van der Waals surface area contributed by atoms with Crippen molar-refractivity contribution in [3.05, 3.63) is 12.7 Å². The number of hydrogen-bond acceptors (Lipinski definition) is 3. The van der Waals surface area contributed by atoms with Crippen LogP contribution in [-0.2, 0) is 14.5 Å². The normalized spacial score (nSPS) is 9.89. The van der Waals surface area contributed by atoms with Gasteiger partial charge in [0.05, 0.1) is 5.75 Å². The Kier molecular flexibility index (Phi) is 6.62. The summed E-state index contributed by atoms with van der Waals surface area (Å²) in [5, 5.41) is 0. The van der Waals surface area contributed by atoms with Gasteiger partial charge in [0, 0.05) is 0 Å². The van der Waals surface area contributed by atoms with Crippen molar-refractivity contribution >= 4 is 29.0 Å². The SMILES string of the molecule is C=CCS(=O)(=O)OF.[LiH]. The van der Waals surface area contributed by atoms with Crippen LogP contribution in [0.1, 0.15) is 0 Å². The Morgan fingerprint density at radius 1 is 1.67 bits per heavy atom. The van der Waals surface area contributed by atoms with Gasteiger partial charge < -0.3 is 0 Å². The second-order valence-electron chi connectivity index (χ2n) is 1.08. The quantitative estimate of drug-likeness (QED) is 0.409. The monoisotopic (exact) mass is 148 g/mol. The van der Waals surface area contributed by atoms with Crippen molar-refractivity contribution in [1.29, 1.82) is 0 Å². The molecule has 0 N–H and O–H groups in total. The molecular formula is C3H6FLiO3S. The Morgan fingerprint density at radius 3 is 2.22 bits per heavy atom. The van der Waals surface area contributed by atoms with Crippen LogP contribution in [0.15, 0.2) is 12.7 Å². The van der Waals surface area contributed by atoms with Crippen LogP contribution in [0, 0.1) is 0 Å². The van der Waals surface area contributed by atoms with Gasteiger partial charge in [-0.2, -0.15) is 8.42 Å². The molecule has 0 spiro atoms. The van der Waals surface area contributed by atoms with Crippen LogP contribution in [0.5, 0.6) is 0 Å². The van der Waals surface area contributed by atoms with Gasteiger partial charge >= 0.3 is 29.0 Å². The molecule has 0 atom stereocenters. The summed E-state index contributed by atoms with van der Waals surface area (Å²) in [7, 11) is -3.95. The standard InChI is InChI=1S/C3H5FO3S.Li.H/c1-2-3-8(5,6)7-4;;/h2H,1,3H2;;. The average molecular weight is 148 g/mol. The van der Waals surface area contributed by atoms with Crippen LogP contribution < -0.4 is 0 Å². The van der Waals surface area contributed by atoms with Crippen molar-refractivity contribution in [3.63, 3.8) is 0 Å². The molecule has 0 fully saturated rings. The van der Waals surface area contributed by atoms with Crippen LogP contribution in [0.4, 0.5) is 4.53 Å². The molecule has 0 amide bonds. The zero-order chi connectivity index (χ0) is 6.62. The molecule has 9 heavy (non-hydrogen) atoms. The van der Waals surface area contributed by atoms with E-state index in [1.807, 2.05) is 0 Å². The van der Waals surface area contributed by atoms with Crippen LogP contribution in [0.25, 0.3) is 0 Å². The first-order valence-electron chi connectivity index (χ1n) is 1.76. The van der Waals surface area contributed by atoms with E-state index < -0.39 is 15.9 Å². The first-order valence-corrected chi connectivity index (χ1v) is 3.34. The summed E-state index contributed by atoms with van der Waals surface area (Å²) in [6.07, 6.45) is 1.04. The predicted octanol–water partition coefficient (Wildman–Crippen LogP) is -0.245. The fraction of sp³-hybridized carbons (Fsp3) is 0.333. The van der Waals surface area contributed by atoms with E-state index in [1.54, 1.807) is 0 Å². The first-order chi connectivity index (χ1) is 3.62. The van der Waals surface area contributed by atoms with E-state index >= 15 is 0 Å².